The number of rotatable bonds is 4. The van der Waals surface area contributed by atoms with E-state index >= 15 is 0 Å². The molecule has 0 atom stereocenters. The maximum atomic E-state index is 10.3. The number of ether oxygens (including phenoxy) is 1. The Labute approximate surface area is 146 Å². The summed E-state index contributed by atoms with van der Waals surface area (Å²) in [6, 6.07) is 9.84. The first-order valence-electron chi connectivity index (χ1n) is 8.65. The smallest absolute Gasteiger partial charge is 0.200 e. The van der Waals surface area contributed by atoms with Crippen LogP contribution in [0, 0.1) is 12.8 Å². The maximum Gasteiger partial charge on any atom is 0.200 e. The molecule has 1 heterocycles. The van der Waals surface area contributed by atoms with Crippen LogP contribution in [0.5, 0.6) is 17.2 Å². The molecule has 0 saturated heterocycles. The summed E-state index contributed by atoms with van der Waals surface area (Å²) in [5.41, 5.74) is 3.41. The minimum Gasteiger partial charge on any atom is -0.504 e. The molecule has 1 aromatic heterocycles. The first-order chi connectivity index (χ1) is 12.1. The Kier molecular flexibility index (Phi) is 3.79. The van der Waals surface area contributed by atoms with Crippen LogP contribution in [0.4, 0.5) is 0 Å². The van der Waals surface area contributed by atoms with Crippen LogP contribution in [0.2, 0.25) is 0 Å². The highest BCUT2D eigenvalue weighted by Crippen LogP contribution is 2.44. The second-order valence-electron chi connectivity index (χ2n) is 6.78. The van der Waals surface area contributed by atoms with Crippen LogP contribution in [0.3, 0.4) is 0 Å². The van der Waals surface area contributed by atoms with E-state index in [1.807, 2.05) is 18.2 Å². The molecule has 1 saturated carbocycles. The molecule has 5 heteroatoms. The minimum atomic E-state index is -0.231. The topological polar surface area (TPSA) is 67.5 Å². The van der Waals surface area contributed by atoms with Crippen molar-refractivity contribution in [2.75, 3.05) is 7.11 Å². The number of para-hydroxylation sites is 2. The summed E-state index contributed by atoms with van der Waals surface area (Å²) >= 11 is 0. The molecule has 1 aliphatic rings. The summed E-state index contributed by atoms with van der Waals surface area (Å²) < 4.78 is 7.46. The van der Waals surface area contributed by atoms with Gasteiger partial charge in [0, 0.05) is 17.7 Å². The van der Waals surface area contributed by atoms with Crippen molar-refractivity contribution in [1.82, 2.24) is 9.55 Å². The molecule has 0 radical (unpaired) electrons. The zero-order valence-corrected chi connectivity index (χ0v) is 14.5. The lowest BCUT2D eigenvalue weighted by atomic mass is 9.85. The van der Waals surface area contributed by atoms with E-state index in [9.17, 15) is 10.2 Å². The minimum absolute atomic E-state index is 0.156. The molecule has 4 rings (SSSR count). The molecule has 5 nitrogen and oxygen atoms in total. The molecule has 3 aromatic rings. The van der Waals surface area contributed by atoms with Gasteiger partial charge in [-0.1, -0.05) is 18.6 Å². The maximum absolute atomic E-state index is 10.3. The number of aromatic hydroxyl groups is 2. The normalized spacial score (nSPS) is 14.6. The molecule has 2 aromatic carbocycles. The highest BCUT2D eigenvalue weighted by molar-refractivity contribution is 5.82. The van der Waals surface area contributed by atoms with Crippen molar-refractivity contribution in [3.63, 3.8) is 0 Å². The third-order valence-electron chi connectivity index (χ3n) is 5.27. The first-order valence-corrected chi connectivity index (χ1v) is 8.65. The number of fused-ring (bicyclic) bond motifs is 1. The number of benzene rings is 2. The van der Waals surface area contributed by atoms with Crippen molar-refractivity contribution in [2.45, 2.75) is 32.7 Å². The average molecular weight is 338 g/mol. The Hall–Kier alpha value is -2.69. The van der Waals surface area contributed by atoms with E-state index in [4.69, 9.17) is 9.72 Å². The predicted octanol–water partition coefficient (Wildman–Crippen LogP) is 4.23. The van der Waals surface area contributed by atoms with Crippen LogP contribution in [-0.4, -0.2) is 26.9 Å². The molecule has 2 N–H and O–H groups in total. The van der Waals surface area contributed by atoms with Crippen LogP contribution >= 0.6 is 0 Å². The molecule has 25 heavy (non-hydrogen) atoms. The molecule has 1 fully saturated rings. The van der Waals surface area contributed by atoms with Crippen molar-refractivity contribution in [3.8, 4) is 28.6 Å². The van der Waals surface area contributed by atoms with Gasteiger partial charge in [0.15, 0.2) is 11.5 Å². The third kappa shape index (κ3) is 2.51. The molecular formula is C20H22N2O3. The number of imidazole rings is 1. The molecule has 0 bridgehead atoms. The van der Waals surface area contributed by atoms with E-state index in [0.717, 1.165) is 29.0 Å². The zero-order valence-electron chi connectivity index (χ0n) is 14.5. The van der Waals surface area contributed by atoms with Gasteiger partial charge in [-0.25, -0.2) is 4.98 Å². The van der Waals surface area contributed by atoms with Gasteiger partial charge in [0.05, 0.1) is 18.1 Å². The van der Waals surface area contributed by atoms with Gasteiger partial charge in [-0.15, -0.1) is 0 Å². The highest BCUT2D eigenvalue weighted by atomic mass is 16.5. The fourth-order valence-electron chi connectivity index (χ4n) is 3.52. The summed E-state index contributed by atoms with van der Waals surface area (Å²) in [5.74, 6) is 1.34. The molecule has 130 valence electrons. The second-order valence-corrected chi connectivity index (χ2v) is 6.78. The van der Waals surface area contributed by atoms with Crippen LogP contribution in [0.15, 0.2) is 30.3 Å². The summed E-state index contributed by atoms with van der Waals surface area (Å²) in [4.78, 5) is 4.82. The van der Waals surface area contributed by atoms with Crippen molar-refractivity contribution in [1.29, 1.82) is 0 Å². The summed E-state index contributed by atoms with van der Waals surface area (Å²) in [6.45, 7) is 2.70. The lowest BCUT2D eigenvalue weighted by molar-refractivity contribution is 0.280. The number of phenols is 2. The summed E-state index contributed by atoms with van der Waals surface area (Å²) in [5, 5.41) is 20.3. The molecule has 0 unspecified atom stereocenters. The molecule has 0 spiro atoms. The molecule has 1 aliphatic carbocycles. The number of phenolic OH excluding ortho intramolecular Hbond substituents is 2. The second kappa shape index (κ2) is 5.99. The van der Waals surface area contributed by atoms with Crippen LogP contribution in [-0.2, 0) is 6.54 Å². The van der Waals surface area contributed by atoms with E-state index in [0.29, 0.717) is 11.5 Å². The van der Waals surface area contributed by atoms with Crippen molar-refractivity contribution in [3.05, 3.63) is 35.9 Å². The van der Waals surface area contributed by atoms with Gasteiger partial charge < -0.3 is 19.5 Å². The van der Waals surface area contributed by atoms with Gasteiger partial charge >= 0.3 is 0 Å². The van der Waals surface area contributed by atoms with Gasteiger partial charge in [0.1, 0.15) is 5.82 Å². The van der Waals surface area contributed by atoms with Gasteiger partial charge in [-0.3, -0.25) is 0 Å². The molecule has 0 aliphatic heterocycles. The number of hydrogen-bond acceptors (Lipinski definition) is 4. The quantitative estimate of drug-likeness (QED) is 0.699. The molecule has 0 amide bonds. The SMILES string of the molecule is COc1cc(-c2nc3ccccc3n2CC2CCC2)c(C)c(O)c1O. The Morgan fingerprint density at radius 3 is 2.64 bits per heavy atom. The Balaban J connectivity index is 1.94. The van der Waals surface area contributed by atoms with E-state index in [1.165, 1.54) is 26.4 Å². The predicted molar refractivity (Wildman–Crippen MR) is 97.1 cm³/mol. The van der Waals surface area contributed by atoms with E-state index < -0.39 is 0 Å². The van der Waals surface area contributed by atoms with E-state index in [-0.39, 0.29) is 17.2 Å². The van der Waals surface area contributed by atoms with Gasteiger partial charge in [-0.05, 0) is 43.9 Å². The summed E-state index contributed by atoms with van der Waals surface area (Å²) in [6.07, 6.45) is 3.78. The Morgan fingerprint density at radius 1 is 1.20 bits per heavy atom. The van der Waals surface area contributed by atoms with Crippen molar-refractivity contribution >= 4 is 11.0 Å². The van der Waals surface area contributed by atoms with Crippen LogP contribution < -0.4 is 4.74 Å². The van der Waals surface area contributed by atoms with E-state index in [1.54, 1.807) is 13.0 Å². The standard InChI is InChI=1S/C20H22N2O3/c1-12-14(10-17(25-2)19(24)18(12)23)20-21-15-8-3-4-9-16(15)22(20)11-13-6-5-7-13/h3-4,8-10,13,23-24H,5-7,11H2,1-2H3. The third-order valence-corrected chi connectivity index (χ3v) is 5.27. The number of aromatic nitrogens is 2. The number of hydrogen-bond donors (Lipinski definition) is 2. The first kappa shape index (κ1) is 15.8. The van der Waals surface area contributed by atoms with Crippen LogP contribution in [0.25, 0.3) is 22.4 Å². The zero-order chi connectivity index (χ0) is 17.6. The fraction of sp³-hybridized carbons (Fsp3) is 0.350. The summed E-state index contributed by atoms with van der Waals surface area (Å²) in [7, 11) is 1.48. The monoisotopic (exact) mass is 338 g/mol. The van der Waals surface area contributed by atoms with Crippen LogP contribution in [0.1, 0.15) is 24.8 Å². The van der Waals surface area contributed by atoms with Gasteiger partial charge in [0.2, 0.25) is 5.75 Å². The van der Waals surface area contributed by atoms with Gasteiger partial charge in [0.25, 0.3) is 0 Å². The van der Waals surface area contributed by atoms with E-state index in [2.05, 4.69) is 10.6 Å². The van der Waals surface area contributed by atoms with Crippen molar-refractivity contribution < 1.29 is 14.9 Å². The fourth-order valence-corrected chi connectivity index (χ4v) is 3.52. The average Bonchev–Trinajstić information content (AvgIpc) is 2.94. The number of methoxy groups -OCH3 is 1. The Bertz CT molecular complexity index is 942. The highest BCUT2D eigenvalue weighted by Gasteiger charge is 2.24. The van der Waals surface area contributed by atoms with Gasteiger partial charge in [-0.2, -0.15) is 0 Å². The lowest BCUT2D eigenvalue weighted by Crippen LogP contribution is -2.18. The largest absolute Gasteiger partial charge is 0.504 e. The van der Waals surface area contributed by atoms with Crippen molar-refractivity contribution in [2.24, 2.45) is 5.92 Å². The lowest BCUT2D eigenvalue weighted by Gasteiger charge is -2.27. The molecular weight excluding hydrogens is 316 g/mol. The Morgan fingerprint density at radius 2 is 1.96 bits per heavy atom. The number of nitrogens with zero attached hydrogens (tertiary/aromatic N) is 2.